The van der Waals surface area contributed by atoms with Crippen LogP contribution in [0.3, 0.4) is 0 Å². The molecule has 1 aromatic heterocycles. The van der Waals surface area contributed by atoms with Crippen molar-refractivity contribution in [3.8, 4) is 0 Å². The molecule has 0 radical (unpaired) electrons. The molecule has 0 aliphatic carbocycles. The summed E-state index contributed by atoms with van der Waals surface area (Å²) >= 11 is 0. The molecule has 0 aliphatic heterocycles. The van der Waals surface area contributed by atoms with E-state index in [1.54, 1.807) is 16.4 Å². The van der Waals surface area contributed by atoms with Crippen LogP contribution in [0.5, 0.6) is 0 Å². The molecule has 2 aromatic carbocycles. The number of nitrogens with zero attached hydrogens (tertiary/aromatic N) is 2. The van der Waals surface area contributed by atoms with Gasteiger partial charge in [0.2, 0.25) is 10.0 Å². The summed E-state index contributed by atoms with van der Waals surface area (Å²) in [6, 6.07) is 19.6. The number of aryl methyl sites for hydroxylation is 1. The first kappa shape index (κ1) is 23.3. The number of sulfonamides is 1. The topological polar surface area (TPSA) is 42.3 Å². The smallest absolute Gasteiger partial charge is 0.243 e. The molecule has 0 aliphatic rings. The predicted molar refractivity (Wildman–Crippen MR) is 128 cm³/mol. The van der Waals surface area contributed by atoms with E-state index in [2.05, 4.69) is 56.5 Å². The second-order valence-electron chi connectivity index (χ2n) is 9.53. The SMILES string of the molecule is Cc1ccc(Cn2cccc2CN(C(C)C)S(=O)(=O)c2ccc(C(C)(C)C)cc2)cc1. The summed E-state index contributed by atoms with van der Waals surface area (Å²) in [5, 5.41) is 0. The third kappa shape index (κ3) is 5.46. The van der Waals surface area contributed by atoms with Gasteiger partial charge in [0, 0.05) is 24.5 Å². The molecule has 0 bridgehead atoms. The molecule has 3 rings (SSSR count). The highest BCUT2D eigenvalue weighted by Crippen LogP contribution is 2.26. The summed E-state index contributed by atoms with van der Waals surface area (Å²) in [5.41, 5.74) is 4.50. The molecule has 0 spiro atoms. The minimum atomic E-state index is -3.61. The van der Waals surface area contributed by atoms with Crippen LogP contribution in [-0.4, -0.2) is 23.3 Å². The first-order valence-electron chi connectivity index (χ1n) is 10.8. The Labute approximate surface area is 187 Å². The highest BCUT2D eigenvalue weighted by Gasteiger charge is 2.28. The van der Waals surface area contributed by atoms with E-state index in [0.717, 1.165) is 17.8 Å². The molecule has 166 valence electrons. The Hall–Kier alpha value is -2.37. The fourth-order valence-corrected chi connectivity index (χ4v) is 5.21. The lowest BCUT2D eigenvalue weighted by Crippen LogP contribution is -2.37. The predicted octanol–water partition coefficient (Wildman–Crippen LogP) is 5.74. The van der Waals surface area contributed by atoms with E-state index < -0.39 is 10.0 Å². The molecule has 0 unspecified atom stereocenters. The highest BCUT2D eigenvalue weighted by molar-refractivity contribution is 7.89. The maximum Gasteiger partial charge on any atom is 0.243 e. The van der Waals surface area contributed by atoms with Gasteiger partial charge in [-0.05, 0) is 61.6 Å². The van der Waals surface area contributed by atoms with Crippen LogP contribution in [0, 0.1) is 6.92 Å². The average Bonchev–Trinajstić information content (AvgIpc) is 3.13. The summed E-state index contributed by atoms with van der Waals surface area (Å²) in [4.78, 5) is 0.339. The monoisotopic (exact) mass is 438 g/mol. The van der Waals surface area contributed by atoms with E-state index in [0.29, 0.717) is 11.4 Å². The van der Waals surface area contributed by atoms with Gasteiger partial charge in [0.05, 0.1) is 11.4 Å². The third-order valence-electron chi connectivity index (χ3n) is 5.62. The zero-order valence-corrected chi connectivity index (χ0v) is 20.3. The minimum Gasteiger partial charge on any atom is -0.346 e. The van der Waals surface area contributed by atoms with Gasteiger partial charge in [-0.3, -0.25) is 0 Å². The normalized spacial score (nSPS) is 12.6. The van der Waals surface area contributed by atoms with Gasteiger partial charge in [-0.15, -0.1) is 0 Å². The molecule has 0 amide bonds. The Morgan fingerprint density at radius 2 is 1.55 bits per heavy atom. The summed E-state index contributed by atoms with van der Waals surface area (Å²) < 4.78 is 30.7. The number of benzene rings is 2. The Kier molecular flexibility index (Phi) is 6.77. The van der Waals surface area contributed by atoms with Crippen molar-refractivity contribution in [1.82, 2.24) is 8.87 Å². The van der Waals surface area contributed by atoms with Crippen molar-refractivity contribution in [2.24, 2.45) is 0 Å². The van der Waals surface area contributed by atoms with E-state index in [1.165, 1.54) is 11.1 Å². The van der Waals surface area contributed by atoms with Gasteiger partial charge in [-0.2, -0.15) is 4.31 Å². The largest absolute Gasteiger partial charge is 0.346 e. The standard InChI is InChI=1S/C26H34N2O2S/c1-20(2)28(31(29,30)25-15-13-23(14-16-25)26(4,5)6)19-24-8-7-17-27(24)18-22-11-9-21(3)10-12-22/h7-17,20H,18-19H2,1-6H3. The van der Waals surface area contributed by atoms with E-state index >= 15 is 0 Å². The van der Waals surface area contributed by atoms with Crippen LogP contribution in [0.1, 0.15) is 57.0 Å². The number of hydrogen-bond donors (Lipinski definition) is 0. The molecule has 0 saturated heterocycles. The summed E-state index contributed by atoms with van der Waals surface area (Å²) in [7, 11) is -3.61. The third-order valence-corrected chi connectivity index (χ3v) is 7.65. The molecular weight excluding hydrogens is 404 g/mol. The maximum absolute atomic E-state index is 13.5. The van der Waals surface area contributed by atoms with Crippen molar-refractivity contribution in [3.63, 3.8) is 0 Å². The van der Waals surface area contributed by atoms with E-state index in [4.69, 9.17) is 0 Å². The molecule has 4 nitrogen and oxygen atoms in total. The summed E-state index contributed by atoms with van der Waals surface area (Å²) in [6.07, 6.45) is 2.01. The number of aromatic nitrogens is 1. The van der Waals surface area contributed by atoms with E-state index in [1.807, 2.05) is 44.3 Å². The maximum atomic E-state index is 13.5. The van der Waals surface area contributed by atoms with Crippen LogP contribution in [0.15, 0.2) is 71.8 Å². The minimum absolute atomic E-state index is 0.0170. The van der Waals surface area contributed by atoms with Crippen molar-refractivity contribution in [3.05, 3.63) is 89.2 Å². The van der Waals surface area contributed by atoms with Gasteiger partial charge in [0.25, 0.3) is 0 Å². The molecule has 0 saturated carbocycles. The number of hydrogen-bond acceptors (Lipinski definition) is 2. The van der Waals surface area contributed by atoms with E-state index in [9.17, 15) is 8.42 Å². The fraction of sp³-hybridized carbons (Fsp3) is 0.385. The first-order chi connectivity index (χ1) is 14.5. The van der Waals surface area contributed by atoms with Crippen molar-refractivity contribution in [1.29, 1.82) is 0 Å². The lowest BCUT2D eigenvalue weighted by atomic mass is 9.87. The van der Waals surface area contributed by atoms with Crippen molar-refractivity contribution in [2.75, 3.05) is 0 Å². The van der Waals surface area contributed by atoms with Crippen LogP contribution >= 0.6 is 0 Å². The second-order valence-corrected chi connectivity index (χ2v) is 11.4. The molecule has 3 aromatic rings. The van der Waals surface area contributed by atoms with Gasteiger partial charge < -0.3 is 4.57 Å². The Morgan fingerprint density at radius 1 is 0.935 bits per heavy atom. The quantitative estimate of drug-likeness (QED) is 0.472. The van der Waals surface area contributed by atoms with Gasteiger partial charge in [0.15, 0.2) is 0 Å². The number of rotatable bonds is 7. The van der Waals surface area contributed by atoms with Crippen molar-refractivity contribution < 1.29 is 8.42 Å². The first-order valence-corrected chi connectivity index (χ1v) is 12.2. The lowest BCUT2D eigenvalue weighted by molar-refractivity contribution is 0.340. The molecule has 0 N–H and O–H groups in total. The Bertz CT molecular complexity index is 1100. The summed E-state index contributed by atoms with van der Waals surface area (Å²) in [5.74, 6) is 0. The van der Waals surface area contributed by atoms with Crippen molar-refractivity contribution >= 4 is 10.0 Å². The van der Waals surface area contributed by atoms with Crippen LogP contribution in [0.4, 0.5) is 0 Å². The zero-order chi connectivity index (χ0) is 22.8. The Balaban J connectivity index is 1.86. The van der Waals surface area contributed by atoms with E-state index in [-0.39, 0.29) is 11.5 Å². The van der Waals surface area contributed by atoms with Gasteiger partial charge in [-0.1, -0.05) is 62.7 Å². The van der Waals surface area contributed by atoms with Crippen molar-refractivity contribution in [2.45, 2.75) is 71.0 Å². The fourth-order valence-electron chi connectivity index (χ4n) is 3.60. The zero-order valence-electron chi connectivity index (χ0n) is 19.5. The van der Waals surface area contributed by atoms with Crippen LogP contribution in [0.2, 0.25) is 0 Å². The molecule has 5 heteroatoms. The molecule has 0 atom stereocenters. The molecule has 31 heavy (non-hydrogen) atoms. The molecule has 0 fully saturated rings. The Morgan fingerprint density at radius 3 is 2.10 bits per heavy atom. The van der Waals surface area contributed by atoms with Gasteiger partial charge in [-0.25, -0.2) is 8.42 Å². The van der Waals surface area contributed by atoms with Crippen LogP contribution < -0.4 is 0 Å². The van der Waals surface area contributed by atoms with Crippen LogP contribution in [-0.2, 0) is 28.5 Å². The lowest BCUT2D eigenvalue weighted by Gasteiger charge is -2.27. The molecule has 1 heterocycles. The molecular formula is C26H34N2O2S. The summed E-state index contributed by atoms with van der Waals surface area (Å²) in [6.45, 7) is 13.3. The van der Waals surface area contributed by atoms with Gasteiger partial charge in [0.1, 0.15) is 0 Å². The van der Waals surface area contributed by atoms with Gasteiger partial charge >= 0.3 is 0 Å². The second kappa shape index (κ2) is 9.01. The average molecular weight is 439 g/mol. The van der Waals surface area contributed by atoms with Crippen LogP contribution in [0.25, 0.3) is 0 Å². The highest BCUT2D eigenvalue weighted by atomic mass is 32.2.